The Labute approximate surface area is 118 Å². The summed E-state index contributed by atoms with van der Waals surface area (Å²) in [7, 11) is 0. The Morgan fingerprint density at radius 1 is 1.40 bits per heavy atom. The molecule has 1 fully saturated rings. The van der Waals surface area contributed by atoms with Crippen LogP contribution < -0.4 is 0 Å². The molecule has 1 saturated heterocycles. The molecule has 2 aliphatic heterocycles. The van der Waals surface area contributed by atoms with Crippen LogP contribution >= 0.6 is 0 Å². The highest BCUT2D eigenvalue weighted by molar-refractivity contribution is 6.17. The third-order valence-electron chi connectivity index (χ3n) is 3.79. The van der Waals surface area contributed by atoms with E-state index in [1.165, 1.54) is 18.0 Å². The second-order valence-electron chi connectivity index (χ2n) is 5.16. The van der Waals surface area contributed by atoms with Gasteiger partial charge in [-0.15, -0.1) is 0 Å². The number of fused-ring (bicyclic) bond motifs is 1. The smallest absolute Gasteiger partial charge is 0.345 e. The Morgan fingerprint density at radius 2 is 2.10 bits per heavy atom. The molecule has 0 aromatic rings. The molecule has 2 aliphatic rings. The van der Waals surface area contributed by atoms with E-state index in [0.29, 0.717) is 0 Å². The van der Waals surface area contributed by atoms with E-state index in [1.54, 1.807) is 11.8 Å². The number of carbonyl (C=O) groups is 3. The maximum Gasteiger partial charge on any atom is 0.345 e. The van der Waals surface area contributed by atoms with E-state index in [0.717, 1.165) is 19.3 Å². The fourth-order valence-electron chi connectivity index (χ4n) is 2.85. The maximum absolute atomic E-state index is 12.5. The van der Waals surface area contributed by atoms with Crippen LogP contribution in [0.4, 0.5) is 0 Å². The van der Waals surface area contributed by atoms with Crippen molar-refractivity contribution >= 4 is 17.8 Å². The van der Waals surface area contributed by atoms with Crippen molar-refractivity contribution in [3.05, 3.63) is 11.8 Å². The number of rotatable bonds is 2. The van der Waals surface area contributed by atoms with Gasteiger partial charge in [-0.05, 0) is 33.1 Å². The van der Waals surface area contributed by atoms with E-state index in [2.05, 4.69) is 0 Å². The molecule has 0 saturated carbocycles. The molecule has 2 atom stereocenters. The summed E-state index contributed by atoms with van der Waals surface area (Å²) >= 11 is 0. The van der Waals surface area contributed by atoms with Crippen molar-refractivity contribution in [2.24, 2.45) is 0 Å². The van der Waals surface area contributed by atoms with Gasteiger partial charge in [0.05, 0.1) is 6.61 Å². The van der Waals surface area contributed by atoms with Gasteiger partial charge < -0.3 is 9.64 Å². The van der Waals surface area contributed by atoms with Crippen molar-refractivity contribution in [3.63, 3.8) is 0 Å². The topological polar surface area (TPSA) is 66.9 Å². The number of esters is 1. The SMILES string of the molecule is CCOC(=O)C1=CN(C(C)=O)C2CCCC(C)N2C1=O. The van der Waals surface area contributed by atoms with Gasteiger partial charge in [0, 0.05) is 19.2 Å². The van der Waals surface area contributed by atoms with E-state index in [9.17, 15) is 14.4 Å². The van der Waals surface area contributed by atoms with Gasteiger partial charge in [-0.2, -0.15) is 0 Å². The lowest BCUT2D eigenvalue weighted by molar-refractivity contribution is -0.152. The minimum Gasteiger partial charge on any atom is -0.462 e. The van der Waals surface area contributed by atoms with E-state index in [4.69, 9.17) is 4.74 Å². The van der Waals surface area contributed by atoms with E-state index < -0.39 is 5.97 Å². The van der Waals surface area contributed by atoms with Crippen molar-refractivity contribution in [1.82, 2.24) is 9.80 Å². The van der Waals surface area contributed by atoms with E-state index >= 15 is 0 Å². The molecule has 2 heterocycles. The number of ether oxygens (including phenoxy) is 1. The molecule has 0 spiro atoms. The summed E-state index contributed by atoms with van der Waals surface area (Å²) in [5.41, 5.74) is -0.0629. The second-order valence-corrected chi connectivity index (χ2v) is 5.16. The van der Waals surface area contributed by atoms with Gasteiger partial charge in [-0.3, -0.25) is 14.5 Å². The van der Waals surface area contributed by atoms with Gasteiger partial charge in [0.2, 0.25) is 5.91 Å². The van der Waals surface area contributed by atoms with Crippen LogP contribution in [-0.2, 0) is 19.1 Å². The minimum absolute atomic E-state index is 0.0150. The summed E-state index contributed by atoms with van der Waals surface area (Å²) in [6, 6.07) is 0.0150. The third-order valence-corrected chi connectivity index (χ3v) is 3.79. The van der Waals surface area contributed by atoms with E-state index in [1.807, 2.05) is 6.92 Å². The van der Waals surface area contributed by atoms with Crippen molar-refractivity contribution in [2.45, 2.75) is 52.2 Å². The Bertz CT molecular complexity index is 472. The van der Waals surface area contributed by atoms with Gasteiger partial charge in [0.25, 0.3) is 5.91 Å². The summed E-state index contributed by atoms with van der Waals surface area (Å²) in [5, 5.41) is 0. The van der Waals surface area contributed by atoms with Gasteiger partial charge >= 0.3 is 5.97 Å². The normalized spacial score (nSPS) is 25.9. The van der Waals surface area contributed by atoms with Gasteiger partial charge in [0.1, 0.15) is 11.7 Å². The average molecular weight is 280 g/mol. The molecule has 0 aromatic heterocycles. The lowest BCUT2D eigenvalue weighted by atomic mass is 9.96. The molecular formula is C14H20N2O4. The van der Waals surface area contributed by atoms with Crippen molar-refractivity contribution in [3.8, 4) is 0 Å². The van der Waals surface area contributed by atoms with Crippen LogP contribution in [0.2, 0.25) is 0 Å². The lowest BCUT2D eigenvalue weighted by Gasteiger charge is -2.47. The molecule has 2 amide bonds. The summed E-state index contributed by atoms with van der Waals surface area (Å²) in [6.45, 7) is 5.26. The zero-order valence-electron chi connectivity index (χ0n) is 12.1. The molecule has 0 N–H and O–H groups in total. The van der Waals surface area contributed by atoms with Crippen LogP contribution in [0.1, 0.15) is 40.0 Å². The molecule has 0 aromatic carbocycles. The van der Waals surface area contributed by atoms with Crippen LogP contribution in [0.5, 0.6) is 0 Å². The first-order chi connectivity index (χ1) is 9.47. The summed E-state index contributed by atoms with van der Waals surface area (Å²) in [4.78, 5) is 39.3. The molecule has 0 radical (unpaired) electrons. The summed E-state index contributed by atoms with van der Waals surface area (Å²) < 4.78 is 4.90. The molecule has 110 valence electrons. The molecule has 2 unspecified atom stereocenters. The van der Waals surface area contributed by atoms with Crippen LogP contribution in [0.15, 0.2) is 11.8 Å². The van der Waals surface area contributed by atoms with Crippen LogP contribution in [0, 0.1) is 0 Å². The summed E-state index contributed by atoms with van der Waals surface area (Å²) in [5.74, 6) is -1.18. The van der Waals surface area contributed by atoms with Gasteiger partial charge in [0.15, 0.2) is 0 Å². The molecule has 6 nitrogen and oxygen atoms in total. The monoisotopic (exact) mass is 280 g/mol. The number of piperidine rings is 1. The quantitative estimate of drug-likeness (QED) is 0.559. The standard InChI is InChI=1S/C14H20N2O4/c1-4-20-14(19)11-8-15(10(3)17)12-7-5-6-9(2)16(12)13(11)18/h8-9,12H,4-7H2,1-3H3. The Balaban J connectivity index is 2.39. The molecule has 6 heteroatoms. The number of carbonyl (C=O) groups excluding carboxylic acids is 3. The number of amides is 2. The number of hydrogen-bond acceptors (Lipinski definition) is 4. The van der Waals surface area contributed by atoms with Crippen LogP contribution in [-0.4, -0.2) is 46.4 Å². The zero-order valence-corrected chi connectivity index (χ0v) is 12.1. The first-order valence-corrected chi connectivity index (χ1v) is 6.97. The highest BCUT2D eigenvalue weighted by Gasteiger charge is 2.43. The first kappa shape index (κ1) is 14.6. The largest absolute Gasteiger partial charge is 0.462 e. The van der Waals surface area contributed by atoms with Crippen molar-refractivity contribution < 1.29 is 19.1 Å². The fraction of sp³-hybridized carbons (Fsp3) is 0.643. The highest BCUT2D eigenvalue weighted by atomic mass is 16.5. The van der Waals surface area contributed by atoms with E-state index in [-0.39, 0.29) is 36.2 Å². The van der Waals surface area contributed by atoms with Crippen molar-refractivity contribution in [1.29, 1.82) is 0 Å². The Kier molecular flexibility index (Phi) is 4.11. The fourth-order valence-corrected chi connectivity index (χ4v) is 2.85. The van der Waals surface area contributed by atoms with Crippen LogP contribution in [0.3, 0.4) is 0 Å². The lowest BCUT2D eigenvalue weighted by Crippen LogP contribution is -2.60. The molecular weight excluding hydrogens is 260 g/mol. The number of nitrogens with zero attached hydrogens (tertiary/aromatic N) is 2. The zero-order chi connectivity index (χ0) is 14.9. The van der Waals surface area contributed by atoms with Gasteiger partial charge in [-0.25, -0.2) is 4.79 Å². The van der Waals surface area contributed by atoms with Crippen molar-refractivity contribution in [2.75, 3.05) is 6.61 Å². The first-order valence-electron chi connectivity index (χ1n) is 6.97. The molecule has 0 bridgehead atoms. The third kappa shape index (κ3) is 2.42. The molecule has 2 rings (SSSR count). The minimum atomic E-state index is -0.667. The predicted molar refractivity (Wildman–Crippen MR) is 71.2 cm³/mol. The maximum atomic E-state index is 12.5. The number of hydrogen-bond donors (Lipinski definition) is 0. The molecule has 0 aliphatic carbocycles. The Hall–Kier alpha value is -1.85. The second kappa shape index (κ2) is 5.64. The average Bonchev–Trinajstić information content (AvgIpc) is 2.38. The highest BCUT2D eigenvalue weighted by Crippen LogP contribution is 2.31. The predicted octanol–water partition coefficient (Wildman–Crippen LogP) is 1.02. The van der Waals surface area contributed by atoms with Gasteiger partial charge in [-0.1, -0.05) is 0 Å². The van der Waals surface area contributed by atoms with Crippen LogP contribution in [0.25, 0.3) is 0 Å². The molecule has 20 heavy (non-hydrogen) atoms. The Morgan fingerprint density at radius 3 is 2.70 bits per heavy atom. The summed E-state index contributed by atoms with van der Waals surface area (Å²) in [6.07, 6.45) is 3.65.